The standard InChI is InChI=1S/C22H24ClN7OS/c1-14-12-17-18(32-22(26-17)29-10-8-28(9-11-29)7-3-6-24)13-30(14)21(31)20-25-16-5-2-4-15(23)19(16)27-20/h2,4-5,14H,3,7-13H2,1H3,(H,25,27). The van der Waals surface area contributed by atoms with E-state index in [0.717, 1.165) is 60.4 Å². The summed E-state index contributed by atoms with van der Waals surface area (Å²) in [5, 5.41) is 10.4. The first-order valence-electron chi connectivity index (χ1n) is 10.8. The molecular weight excluding hydrogens is 446 g/mol. The van der Waals surface area contributed by atoms with E-state index in [0.29, 0.717) is 29.3 Å². The first-order chi connectivity index (χ1) is 15.5. The highest BCUT2D eigenvalue weighted by Gasteiger charge is 2.32. The predicted octanol–water partition coefficient (Wildman–Crippen LogP) is 3.30. The van der Waals surface area contributed by atoms with E-state index >= 15 is 0 Å². The number of benzene rings is 1. The van der Waals surface area contributed by atoms with Crippen molar-refractivity contribution in [1.82, 2.24) is 24.8 Å². The van der Waals surface area contributed by atoms with Crippen LogP contribution >= 0.6 is 22.9 Å². The minimum absolute atomic E-state index is 0.0384. The van der Waals surface area contributed by atoms with E-state index in [-0.39, 0.29) is 11.9 Å². The number of carbonyl (C=O) groups excluding carboxylic acids is 1. The first kappa shape index (κ1) is 21.2. The largest absolute Gasteiger partial charge is 0.346 e. The van der Waals surface area contributed by atoms with Gasteiger partial charge in [-0.05, 0) is 19.1 Å². The van der Waals surface area contributed by atoms with Crippen LogP contribution < -0.4 is 4.90 Å². The third-order valence-corrected chi connectivity index (χ3v) is 7.66. The van der Waals surface area contributed by atoms with Crippen LogP contribution in [0, 0.1) is 11.3 Å². The highest BCUT2D eigenvalue weighted by atomic mass is 35.5. The smallest absolute Gasteiger partial charge is 0.290 e. The lowest BCUT2D eigenvalue weighted by Gasteiger charge is -2.34. The number of aromatic amines is 1. The van der Waals surface area contributed by atoms with Crippen molar-refractivity contribution in [2.75, 3.05) is 37.6 Å². The maximum atomic E-state index is 13.3. The van der Waals surface area contributed by atoms with Crippen LogP contribution in [0.15, 0.2) is 18.2 Å². The third kappa shape index (κ3) is 3.94. The maximum Gasteiger partial charge on any atom is 0.290 e. The summed E-state index contributed by atoms with van der Waals surface area (Å²) < 4.78 is 0. The number of thiazole rings is 1. The molecule has 4 heterocycles. The summed E-state index contributed by atoms with van der Waals surface area (Å²) in [6.45, 7) is 7.15. The summed E-state index contributed by atoms with van der Waals surface area (Å²) >= 11 is 7.92. The van der Waals surface area contributed by atoms with Crippen molar-refractivity contribution in [3.63, 3.8) is 0 Å². The number of rotatable bonds is 4. The normalized spacial score (nSPS) is 19.2. The molecule has 0 spiro atoms. The zero-order chi connectivity index (χ0) is 22.2. The third-order valence-electron chi connectivity index (χ3n) is 6.21. The number of anilines is 1. The van der Waals surface area contributed by atoms with Crippen molar-refractivity contribution in [2.24, 2.45) is 0 Å². The second-order valence-electron chi connectivity index (χ2n) is 8.31. The van der Waals surface area contributed by atoms with Gasteiger partial charge >= 0.3 is 0 Å². The van der Waals surface area contributed by atoms with E-state index < -0.39 is 0 Å². The number of piperazine rings is 1. The molecule has 3 aromatic rings. The molecule has 0 aliphatic carbocycles. The number of nitriles is 1. The predicted molar refractivity (Wildman–Crippen MR) is 125 cm³/mol. The van der Waals surface area contributed by atoms with Gasteiger partial charge in [-0.1, -0.05) is 29.0 Å². The number of hydrogen-bond acceptors (Lipinski definition) is 7. The molecule has 32 heavy (non-hydrogen) atoms. The van der Waals surface area contributed by atoms with E-state index in [2.05, 4.69) is 32.8 Å². The Labute approximate surface area is 195 Å². The molecule has 0 bridgehead atoms. The number of imidazole rings is 1. The van der Waals surface area contributed by atoms with Crippen LogP contribution in [0.3, 0.4) is 0 Å². The molecule has 5 rings (SSSR count). The number of fused-ring (bicyclic) bond motifs is 2. The van der Waals surface area contributed by atoms with E-state index in [9.17, 15) is 4.79 Å². The van der Waals surface area contributed by atoms with Crippen LogP contribution in [-0.4, -0.2) is 69.4 Å². The topological polar surface area (TPSA) is 92.2 Å². The highest BCUT2D eigenvalue weighted by molar-refractivity contribution is 7.15. The zero-order valence-electron chi connectivity index (χ0n) is 17.8. The maximum absolute atomic E-state index is 13.3. The Morgan fingerprint density at radius 3 is 2.88 bits per heavy atom. The molecule has 2 aliphatic heterocycles. The van der Waals surface area contributed by atoms with Crippen molar-refractivity contribution < 1.29 is 4.79 Å². The van der Waals surface area contributed by atoms with Gasteiger partial charge in [-0.3, -0.25) is 9.69 Å². The molecule has 8 nitrogen and oxygen atoms in total. The summed E-state index contributed by atoms with van der Waals surface area (Å²) in [5.74, 6) is 0.207. The molecule has 1 aromatic carbocycles. The molecule has 10 heteroatoms. The Morgan fingerprint density at radius 2 is 2.12 bits per heavy atom. The number of aromatic nitrogens is 3. The van der Waals surface area contributed by atoms with Crippen molar-refractivity contribution in [3.8, 4) is 6.07 Å². The van der Waals surface area contributed by atoms with Gasteiger partial charge in [0.2, 0.25) is 0 Å². The number of carbonyl (C=O) groups is 1. The summed E-state index contributed by atoms with van der Waals surface area (Å²) in [6.07, 6.45) is 1.31. The van der Waals surface area contributed by atoms with Gasteiger partial charge in [0.05, 0.1) is 28.8 Å². The molecule has 1 saturated heterocycles. The fraction of sp³-hybridized carbons (Fsp3) is 0.455. The molecule has 0 radical (unpaired) electrons. The minimum atomic E-state index is -0.114. The van der Waals surface area contributed by atoms with Gasteiger partial charge in [0.15, 0.2) is 11.0 Å². The Balaban J connectivity index is 1.30. The van der Waals surface area contributed by atoms with E-state index in [4.69, 9.17) is 21.8 Å². The fourth-order valence-electron chi connectivity index (χ4n) is 4.37. The van der Waals surface area contributed by atoms with Gasteiger partial charge in [0.1, 0.15) is 5.52 Å². The van der Waals surface area contributed by atoms with Crippen LogP contribution in [0.2, 0.25) is 5.02 Å². The molecule has 1 fully saturated rings. The van der Waals surface area contributed by atoms with Crippen LogP contribution in [0.4, 0.5) is 5.13 Å². The molecular formula is C22H24ClN7OS. The molecule has 0 saturated carbocycles. The number of H-pyrrole nitrogens is 1. The Bertz CT molecular complexity index is 1190. The average Bonchev–Trinajstić information content (AvgIpc) is 3.42. The zero-order valence-corrected chi connectivity index (χ0v) is 19.4. The monoisotopic (exact) mass is 469 g/mol. The van der Waals surface area contributed by atoms with E-state index in [1.165, 1.54) is 0 Å². The second-order valence-corrected chi connectivity index (χ2v) is 9.78. The fourth-order valence-corrected chi connectivity index (χ4v) is 5.72. The van der Waals surface area contributed by atoms with Gasteiger partial charge < -0.3 is 14.8 Å². The SMILES string of the molecule is CC1Cc2nc(N3CCN(CCC#N)CC3)sc2CN1C(=O)c1nc2c(Cl)cccc2[nH]1. The second kappa shape index (κ2) is 8.70. The van der Waals surface area contributed by atoms with Gasteiger partial charge in [0.25, 0.3) is 5.91 Å². The number of halogens is 1. The van der Waals surface area contributed by atoms with Crippen molar-refractivity contribution in [3.05, 3.63) is 39.6 Å². The lowest BCUT2D eigenvalue weighted by atomic mass is 10.1. The summed E-state index contributed by atoms with van der Waals surface area (Å²) in [6, 6.07) is 7.75. The molecule has 2 aromatic heterocycles. The molecule has 1 amide bonds. The first-order valence-corrected chi connectivity index (χ1v) is 12.0. The number of nitrogens with one attached hydrogen (secondary N) is 1. The lowest BCUT2D eigenvalue weighted by molar-refractivity contribution is 0.0649. The quantitative estimate of drug-likeness (QED) is 0.630. The van der Waals surface area contributed by atoms with Crippen LogP contribution in [0.25, 0.3) is 11.0 Å². The summed E-state index contributed by atoms with van der Waals surface area (Å²) in [5.41, 5.74) is 2.48. The van der Waals surface area contributed by atoms with Crippen LogP contribution in [0.5, 0.6) is 0 Å². The van der Waals surface area contributed by atoms with Gasteiger partial charge in [-0.25, -0.2) is 9.97 Å². The van der Waals surface area contributed by atoms with Crippen molar-refractivity contribution in [1.29, 1.82) is 5.26 Å². The summed E-state index contributed by atoms with van der Waals surface area (Å²) in [4.78, 5) is 33.4. The molecule has 1 atom stereocenters. The highest BCUT2D eigenvalue weighted by Crippen LogP contribution is 2.34. The van der Waals surface area contributed by atoms with Gasteiger partial charge in [-0.15, -0.1) is 0 Å². The average molecular weight is 470 g/mol. The number of hydrogen-bond donors (Lipinski definition) is 1. The molecule has 166 valence electrons. The van der Waals surface area contributed by atoms with Crippen LogP contribution in [-0.2, 0) is 13.0 Å². The number of amides is 1. The Morgan fingerprint density at radius 1 is 1.31 bits per heavy atom. The van der Waals surface area contributed by atoms with E-state index in [1.807, 2.05) is 17.0 Å². The molecule has 2 aliphatic rings. The Kier molecular flexibility index (Phi) is 5.76. The lowest BCUT2D eigenvalue weighted by Crippen LogP contribution is -2.46. The molecule has 1 unspecified atom stereocenters. The molecule has 1 N–H and O–H groups in total. The Hall–Kier alpha value is -2.67. The van der Waals surface area contributed by atoms with Crippen LogP contribution in [0.1, 0.15) is 34.5 Å². The number of nitrogens with zero attached hydrogens (tertiary/aromatic N) is 6. The minimum Gasteiger partial charge on any atom is -0.346 e. The van der Waals surface area contributed by atoms with Crippen molar-refractivity contribution in [2.45, 2.75) is 32.4 Å². The van der Waals surface area contributed by atoms with E-state index in [1.54, 1.807) is 17.4 Å². The van der Waals surface area contributed by atoms with Crippen molar-refractivity contribution >= 4 is 45.0 Å². The van der Waals surface area contributed by atoms with Gasteiger partial charge in [0, 0.05) is 56.5 Å². The van der Waals surface area contributed by atoms with Gasteiger partial charge in [-0.2, -0.15) is 5.26 Å². The number of para-hydroxylation sites is 1. The summed E-state index contributed by atoms with van der Waals surface area (Å²) in [7, 11) is 0.